The van der Waals surface area contributed by atoms with Crippen LogP contribution in [-0.2, 0) is 4.74 Å². The van der Waals surface area contributed by atoms with Crippen LogP contribution in [0.2, 0.25) is 5.02 Å². The summed E-state index contributed by atoms with van der Waals surface area (Å²) < 4.78 is 5.72. The Morgan fingerprint density at radius 3 is 2.92 bits per heavy atom. The highest BCUT2D eigenvalue weighted by molar-refractivity contribution is 9.10. The summed E-state index contributed by atoms with van der Waals surface area (Å²) in [5.74, 6) is 0. The summed E-state index contributed by atoms with van der Waals surface area (Å²) in [6.45, 7) is 0.246. The van der Waals surface area contributed by atoms with Gasteiger partial charge in [-0.2, -0.15) is 0 Å². The lowest BCUT2D eigenvalue weighted by Gasteiger charge is -2.11. The molecule has 1 aromatic carbocycles. The fourth-order valence-electron chi connectivity index (χ4n) is 1.02. The van der Waals surface area contributed by atoms with Crippen LogP contribution in [0.25, 0.3) is 0 Å². The van der Waals surface area contributed by atoms with E-state index < -0.39 is 6.10 Å². The predicted octanol–water partition coefficient (Wildman–Crippen LogP) is 2.78. The summed E-state index contributed by atoms with van der Waals surface area (Å²) in [6, 6.07) is 5.34. The summed E-state index contributed by atoms with van der Waals surface area (Å²) in [4.78, 5) is 0. The largest absolute Gasteiger partial charge is 0.386 e. The SMILES string of the molecule is COCC(O)c1cc(Br)ccc1Cl. The lowest BCUT2D eigenvalue weighted by molar-refractivity contribution is 0.0644. The number of ether oxygens (including phenoxy) is 1. The predicted molar refractivity (Wildman–Crippen MR) is 56.0 cm³/mol. The molecule has 0 saturated carbocycles. The Balaban J connectivity index is 2.91. The standard InChI is InChI=1S/C9H10BrClO2/c1-13-5-9(12)7-4-6(10)2-3-8(7)11/h2-4,9,12H,5H2,1H3. The number of benzene rings is 1. The first-order chi connectivity index (χ1) is 6.15. The lowest BCUT2D eigenvalue weighted by atomic mass is 10.1. The van der Waals surface area contributed by atoms with Crippen LogP contribution in [0.5, 0.6) is 0 Å². The molecule has 0 aliphatic carbocycles. The fraction of sp³-hybridized carbons (Fsp3) is 0.333. The maximum atomic E-state index is 9.60. The first-order valence-corrected chi connectivity index (χ1v) is 4.94. The van der Waals surface area contributed by atoms with Gasteiger partial charge in [-0.05, 0) is 18.2 Å². The van der Waals surface area contributed by atoms with Crippen molar-refractivity contribution in [2.45, 2.75) is 6.10 Å². The van der Waals surface area contributed by atoms with Gasteiger partial charge in [0.2, 0.25) is 0 Å². The maximum absolute atomic E-state index is 9.60. The highest BCUT2D eigenvalue weighted by Crippen LogP contribution is 2.26. The van der Waals surface area contributed by atoms with Crippen molar-refractivity contribution in [3.05, 3.63) is 33.3 Å². The van der Waals surface area contributed by atoms with Crippen molar-refractivity contribution >= 4 is 27.5 Å². The van der Waals surface area contributed by atoms with Crippen LogP contribution in [0, 0.1) is 0 Å². The zero-order valence-corrected chi connectivity index (χ0v) is 9.47. The molecule has 0 heterocycles. The van der Waals surface area contributed by atoms with E-state index in [1.165, 1.54) is 7.11 Å². The fourth-order valence-corrected chi connectivity index (χ4v) is 1.64. The van der Waals surface area contributed by atoms with E-state index >= 15 is 0 Å². The number of hydrogen-bond donors (Lipinski definition) is 1. The molecule has 0 saturated heterocycles. The van der Waals surface area contributed by atoms with E-state index in [9.17, 15) is 5.11 Å². The van der Waals surface area contributed by atoms with Crippen LogP contribution in [0.4, 0.5) is 0 Å². The van der Waals surface area contributed by atoms with E-state index in [1.807, 2.05) is 6.07 Å². The minimum Gasteiger partial charge on any atom is -0.386 e. The smallest absolute Gasteiger partial charge is 0.104 e. The molecular weight excluding hydrogens is 255 g/mol. The molecule has 0 radical (unpaired) electrons. The molecule has 13 heavy (non-hydrogen) atoms. The molecule has 0 amide bonds. The third-order valence-corrected chi connectivity index (χ3v) is 2.48. The van der Waals surface area contributed by atoms with Crippen molar-refractivity contribution in [3.63, 3.8) is 0 Å². The molecule has 1 rings (SSSR count). The van der Waals surface area contributed by atoms with Crippen molar-refractivity contribution in [1.82, 2.24) is 0 Å². The van der Waals surface area contributed by atoms with E-state index in [1.54, 1.807) is 12.1 Å². The topological polar surface area (TPSA) is 29.5 Å². The molecule has 0 aliphatic heterocycles. The molecule has 0 aromatic heterocycles. The van der Waals surface area contributed by atoms with Crippen molar-refractivity contribution in [3.8, 4) is 0 Å². The van der Waals surface area contributed by atoms with Crippen LogP contribution >= 0.6 is 27.5 Å². The van der Waals surface area contributed by atoms with Crippen LogP contribution < -0.4 is 0 Å². The molecule has 0 bridgehead atoms. The lowest BCUT2D eigenvalue weighted by Crippen LogP contribution is -2.05. The Morgan fingerprint density at radius 2 is 2.31 bits per heavy atom. The van der Waals surface area contributed by atoms with Gasteiger partial charge in [0.1, 0.15) is 6.10 Å². The van der Waals surface area contributed by atoms with Crippen LogP contribution in [-0.4, -0.2) is 18.8 Å². The van der Waals surface area contributed by atoms with Gasteiger partial charge in [-0.1, -0.05) is 27.5 Å². The van der Waals surface area contributed by atoms with Gasteiger partial charge in [0.05, 0.1) is 6.61 Å². The number of methoxy groups -OCH3 is 1. The Morgan fingerprint density at radius 1 is 1.62 bits per heavy atom. The van der Waals surface area contributed by atoms with Gasteiger partial charge < -0.3 is 9.84 Å². The van der Waals surface area contributed by atoms with Gasteiger partial charge in [0.15, 0.2) is 0 Å². The zero-order valence-electron chi connectivity index (χ0n) is 7.13. The molecule has 4 heteroatoms. The van der Waals surface area contributed by atoms with Crippen molar-refractivity contribution in [2.75, 3.05) is 13.7 Å². The number of hydrogen-bond acceptors (Lipinski definition) is 2. The number of aliphatic hydroxyl groups excluding tert-OH is 1. The van der Waals surface area contributed by atoms with Crippen molar-refractivity contribution < 1.29 is 9.84 Å². The summed E-state index contributed by atoms with van der Waals surface area (Å²) in [5, 5.41) is 10.1. The molecule has 1 atom stereocenters. The van der Waals surface area contributed by atoms with Crippen molar-refractivity contribution in [1.29, 1.82) is 0 Å². The number of halogens is 2. The van der Waals surface area contributed by atoms with E-state index in [0.29, 0.717) is 10.6 Å². The van der Waals surface area contributed by atoms with Crippen LogP contribution in [0.1, 0.15) is 11.7 Å². The molecule has 0 fully saturated rings. The highest BCUT2D eigenvalue weighted by atomic mass is 79.9. The quantitative estimate of drug-likeness (QED) is 0.911. The molecule has 72 valence electrons. The maximum Gasteiger partial charge on any atom is 0.104 e. The first-order valence-electron chi connectivity index (χ1n) is 3.77. The number of aliphatic hydroxyl groups is 1. The molecule has 0 spiro atoms. The Hall–Kier alpha value is -0.0900. The second-order valence-electron chi connectivity index (χ2n) is 2.64. The summed E-state index contributed by atoms with van der Waals surface area (Å²) in [7, 11) is 1.54. The molecule has 0 aliphatic rings. The average Bonchev–Trinajstić information content (AvgIpc) is 2.09. The Kier molecular flexibility index (Phi) is 4.19. The van der Waals surface area contributed by atoms with Crippen molar-refractivity contribution in [2.24, 2.45) is 0 Å². The van der Waals surface area contributed by atoms with Crippen LogP contribution in [0.15, 0.2) is 22.7 Å². The van der Waals surface area contributed by atoms with E-state index in [2.05, 4.69) is 15.9 Å². The molecular formula is C9H10BrClO2. The van der Waals surface area contributed by atoms with E-state index in [4.69, 9.17) is 16.3 Å². The average molecular weight is 266 g/mol. The van der Waals surface area contributed by atoms with E-state index in [0.717, 1.165) is 4.47 Å². The normalized spacial score (nSPS) is 12.9. The van der Waals surface area contributed by atoms with Crippen LogP contribution in [0.3, 0.4) is 0 Å². The monoisotopic (exact) mass is 264 g/mol. The molecule has 2 nitrogen and oxygen atoms in total. The minimum atomic E-state index is -0.671. The van der Waals surface area contributed by atoms with Gasteiger partial charge in [0, 0.05) is 22.2 Å². The summed E-state index contributed by atoms with van der Waals surface area (Å²) in [5.41, 5.74) is 0.679. The van der Waals surface area contributed by atoms with Gasteiger partial charge in [-0.15, -0.1) is 0 Å². The molecule has 1 unspecified atom stereocenters. The molecule has 1 aromatic rings. The van der Waals surface area contributed by atoms with Gasteiger partial charge in [0.25, 0.3) is 0 Å². The third-order valence-electron chi connectivity index (χ3n) is 1.64. The Bertz CT molecular complexity index is 291. The second kappa shape index (κ2) is 4.96. The van der Waals surface area contributed by atoms with Gasteiger partial charge >= 0.3 is 0 Å². The summed E-state index contributed by atoms with van der Waals surface area (Å²) in [6.07, 6.45) is -0.671. The zero-order chi connectivity index (χ0) is 9.84. The van der Waals surface area contributed by atoms with E-state index in [-0.39, 0.29) is 6.61 Å². The Labute approximate surface area is 90.6 Å². The highest BCUT2D eigenvalue weighted by Gasteiger charge is 2.11. The minimum absolute atomic E-state index is 0.246. The molecule has 1 N–H and O–H groups in total. The summed E-state index contributed by atoms with van der Waals surface area (Å²) >= 11 is 9.20. The van der Waals surface area contributed by atoms with Gasteiger partial charge in [-0.25, -0.2) is 0 Å². The van der Waals surface area contributed by atoms with Gasteiger partial charge in [-0.3, -0.25) is 0 Å². The third kappa shape index (κ3) is 2.95. The first kappa shape index (κ1) is 11.0. The second-order valence-corrected chi connectivity index (χ2v) is 3.96. The number of rotatable bonds is 3.